The van der Waals surface area contributed by atoms with E-state index in [0.717, 1.165) is 67.2 Å². The fourth-order valence-corrected chi connectivity index (χ4v) is 4.63. The van der Waals surface area contributed by atoms with Crippen LogP contribution in [0.4, 0.5) is 0 Å². The van der Waals surface area contributed by atoms with Gasteiger partial charge in [0.2, 0.25) is 6.20 Å². The maximum Gasteiger partial charge on any atom is 0.230 e. The number of nitro groups is 1. The molecular weight excluding hydrogens is 390 g/mol. The number of nitrogens with zero attached hydrogens (tertiary/aromatic N) is 1. The van der Waals surface area contributed by atoms with Crippen molar-refractivity contribution in [3.63, 3.8) is 0 Å². The van der Waals surface area contributed by atoms with E-state index in [2.05, 4.69) is 13.8 Å². The summed E-state index contributed by atoms with van der Waals surface area (Å²) < 4.78 is 6.53. The topological polar surface area (TPSA) is 72.6 Å². The second-order valence-electron chi connectivity index (χ2n) is 9.47. The van der Waals surface area contributed by atoms with E-state index in [4.69, 9.17) is 4.74 Å². The molecule has 0 amide bonds. The Morgan fingerprint density at radius 1 is 0.968 bits per heavy atom. The minimum Gasteiger partial charge on any atom is -0.507 e. The first kappa shape index (κ1) is 25.2. The molecule has 5 heteroatoms. The predicted octanol–water partition coefficient (Wildman–Crippen LogP) is 7.48. The summed E-state index contributed by atoms with van der Waals surface area (Å²) in [5.41, 5.74) is 4.09. The first-order valence-electron chi connectivity index (χ1n) is 12.1. The lowest BCUT2D eigenvalue weighted by molar-refractivity contribution is -0.402. The highest BCUT2D eigenvalue weighted by atomic mass is 16.6. The Morgan fingerprint density at radius 2 is 1.55 bits per heavy atom. The third kappa shape index (κ3) is 7.55. The molecule has 1 unspecified atom stereocenters. The van der Waals surface area contributed by atoms with Gasteiger partial charge in [-0.3, -0.25) is 10.1 Å². The van der Waals surface area contributed by atoms with Crippen LogP contribution in [0, 0.1) is 30.9 Å². The van der Waals surface area contributed by atoms with Crippen LogP contribution in [0.15, 0.2) is 12.3 Å². The van der Waals surface area contributed by atoms with Gasteiger partial charge in [-0.05, 0) is 89.0 Å². The number of hydrogen-bond acceptors (Lipinski definition) is 4. The fourth-order valence-electron chi connectivity index (χ4n) is 4.63. The van der Waals surface area contributed by atoms with Crippen molar-refractivity contribution in [2.24, 2.45) is 0 Å². The monoisotopic (exact) mass is 431 g/mol. The van der Waals surface area contributed by atoms with E-state index >= 15 is 0 Å². The molecule has 1 N–H and O–H groups in total. The second kappa shape index (κ2) is 12.1. The molecule has 1 aliphatic rings. The van der Waals surface area contributed by atoms with Crippen molar-refractivity contribution in [1.29, 1.82) is 0 Å². The number of fused-ring (bicyclic) bond motifs is 1. The van der Waals surface area contributed by atoms with E-state index in [-0.39, 0.29) is 5.60 Å². The normalized spacial score (nSPS) is 18.2. The smallest absolute Gasteiger partial charge is 0.230 e. The average molecular weight is 432 g/mol. The van der Waals surface area contributed by atoms with E-state index in [1.54, 1.807) is 6.08 Å². The molecule has 31 heavy (non-hydrogen) atoms. The zero-order valence-corrected chi connectivity index (χ0v) is 20.0. The van der Waals surface area contributed by atoms with Gasteiger partial charge < -0.3 is 9.84 Å². The van der Waals surface area contributed by atoms with Crippen LogP contribution in [-0.2, 0) is 6.42 Å². The molecule has 1 aliphatic heterocycles. The molecule has 0 bridgehead atoms. The second-order valence-corrected chi connectivity index (χ2v) is 9.47. The van der Waals surface area contributed by atoms with Crippen LogP contribution in [0.5, 0.6) is 11.5 Å². The number of ether oxygens (including phenoxy) is 1. The Bertz CT molecular complexity index is 771. The Kier molecular flexibility index (Phi) is 9.86. The van der Waals surface area contributed by atoms with E-state index in [9.17, 15) is 15.2 Å². The third-order valence-corrected chi connectivity index (χ3v) is 6.90. The van der Waals surface area contributed by atoms with Gasteiger partial charge >= 0.3 is 0 Å². The molecule has 0 spiro atoms. The molecule has 0 saturated heterocycles. The number of allylic oxidation sites excluding steroid dienone is 1. The molecule has 2 rings (SSSR count). The van der Waals surface area contributed by atoms with Crippen molar-refractivity contribution < 1.29 is 14.8 Å². The predicted molar refractivity (Wildman–Crippen MR) is 127 cm³/mol. The first-order valence-corrected chi connectivity index (χ1v) is 12.1. The summed E-state index contributed by atoms with van der Waals surface area (Å²) in [4.78, 5) is 9.80. The number of benzene rings is 1. The van der Waals surface area contributed by atoms with Gasteiger partial charge in [0, 0.05) is 5.56 Å². The van der Waals surface area contributed by atoms with Crippen LogP contribution in [-0.4, -0.2) is 15.6 Å². The van der Waals surface area contributed by atoms with Crippen LogP contribution in [0.2, 0.25) is 0 Å². The number of aromatic hydroxyl groups is 1. The van der Waals surface area contributed by atoms with Crippen molar-refractivity contribution in [2.75, 3.05) is 0 Å². The Labute approximate surface area is 188 Å². The number of unbranched alkanes of at least 4 members (excludes halogenated alkanes) is 9. The molecular formula is C26H41NO4. The lowest BCUT2D eigenvalue weighted by atomic mass is 9.84. The van der Waals surface area contributed by atoms with Crippen molar-refractivity contribution in [3.8, 4) is 11.5 Å². The zero-order chi connectivity index (χ0) is 22.9. The molecule has 0 radical (unpaired) electrons. The molecule has 0 saturated carbocycles. The van der Waals surface area contributed by atoms with Crippen molar-refractivity contribution >= 4 is 0 Å². The Balaban J connectivity index is 1.60. The molecule has 1 heterocycles. The summed E-state index contributed by atoms with van der Waals surface area (Å²) in [7, 11) is 0. The molecule has 0 aliphatic carbocycles. The maximum absolute atomic E-state index is 10.3. The lowest BCUT2D eigenvalue weighted by Gasteiger charge is -2.38. The van der Waals surface area contributed by atoms with Gasteiger partial charge in [-0.15, -0.1) is 0 Å². The molecule has 0 aromatic heterocycles. The summed E-state index contributed by atoms with van der Waals surface area (Å²) in [5.74, 6) is 1.44. The summed E-state index contributed by atoms with van der Waals surface area (Å²) in [5, 5.41) is 20.5. The SMILES string of the molecule is Cc1c(C)c2c(c(C)c1O)CCC(C)(CCCCCCCCCCCC=C[N+](=O)[O-])O2. The van der Waals surface area contributed by atoms with E-state index in [1.807, 2.05) is 13.8 Å². The minimum atomic E-state index is -0.395. The van der Waals surface area contributed by atoms with Gasteiger partial charge in [0.1, 0.15) is 17.1 Å². The Morgan fingerprint density at radius 3 is 2.16 bits per heavy atom. The van der Waals surface area contributed by atoms with Crippen molar-refractivity contribution in [2.45, 2.75) is 117 Å². The summed E-state index contributed by atoms with van der Waals surface area (Å²) >= 11 is 0. The third-order valence-electron chi connectivity index (χ3n) is 6.90. The van der Waals surface area contributed by atoms with Gasteiger partial charge in [0.05, 0.1) is 4.92 Å². The summed E-state index contributed by atoms with van der Waals surface area (Å²) in [6.45, 7) is 8.27. The largest absolute Gasteiger partial charge is 0.507 e. The van der Waals surface area contributed by atoms with Crippen LogP contribution >= 0.6 is 0 Å². The highest BCUT2D eigenvalue weighted by molar-refractivity contribution is 5.58. The fraction of sp³-hybridized carbons (Fsp3) is 0.692. The lowest BCUT2D eigenvalue weighted by Crippen LogP contribution is -2.37. The number of phenolic OH excluding ortho intramolecular Hbond substituents is 1. The maximum atomic E-state index is 10.3. The van der Waals surface area contributed by atoms with Crippen LogP contribution < -0.4 is 4.74 Å². The molecule has 1 aromatic carbocycles. The zero-order valence-electron chi connectivity index (χ0n) is 20.0. The highest BCUT2D eigenvalue weighted by Gasteiger charge is 2.34. The first-order chi connectivity index (χ1) is 14.7. The van der Waals surface area contributed by atoms with Crippen molar-refractivity contribution in [1.82, 2.24) is 0 Å². The van der Waals surface area contributed by atoms with Gasteiger partial charge in [0.25, 0.3) is 0 Å². The minimum absolute atomic E-state index is 0.0999. The van der Waals surface area contributed by atoms with E-state index in [1.165, 1.54) is 50.5 Å². The molecule has 5 nitrogen and oxygen atoms in total. The molecule has 0 fully saturated rings. The van der Waals surface area contributed by atoms with Gasteiger partial charge in [-0.25, -0.2) is 0 Å². The van der Waals surface area contributed by atoms with Crippen LogP contribution in [0.3, 0.4) is 0 Å². The number of phenols is 1. The Hall–Kier alpha value is -2.04. The standard InChI is InChI=1S/C26H41NO4/c1-20-21(2)25-23(22(3)24(20)28)16-18-26(4,31-25)17-14-12-10-8-6-5-7-9-11-13-15-19-27(29)30/h15,19,28H,5-14,16-18H2,1-4H3. The van der Waals surface area contributed by atoms with E-state index < -0.39 is 4.92 Å². The van der Waals surface area contributed by atoms with Gasteiger partial charge in [-0.1, -0.05) is 44.9 Å². The number of hydrogen-bond donors (Lipinski definition) is 1. The van der Waals surface area contributed by atoms with Crippen molar-refractivity contribution in [3.05, 3.63) is 44.6 Å². The average Bonchev–Trinajstić information content (AvgIpc) is 2.73. The van der Waals surface area contributed by atoms with E-state index in [0.29, 0.717) is 5.75 Å². The quantitative estimate of drug-likeness (QED) is 0.199. The van der Waals surface area contributed by atoms with Gasteiger partial charge in [0.15, 0.2) is 0 Å². The number of rotatable bonds is 13. The summed E-state index contributed by atoms with van der Waals surface area (Å²) in [6.07, 6.45) is 17.6. The molecule has 174 valence electrons. The molecule has 1 aromatic rings. The molecule has 1 atom stereocenters. The van der Waals surface area contributed by atoms with Crippen LogP contribution in [0.25, 0.3) is 0 Å². The van der Waals surface area contributed by atoms with Crippen LogP contribution in [0.1, 0.15) is 106 Å². The highest BCUT2D eigenvalue weighted by Crippen LogP contribution is 2.44. The van der Waals surface area contributed by atoms with Gasteiger partial charge in [-0.2, -0.15) is 0 Å². The summed E-state index contributed by atoms with van der Waals surface area (Å²) in [6, 6.07) is 0.